The van der Waals surface area contributed by atoms with Crippen molar-refractivity contribution in [3.8, 4) is 16.9 Å². The lowest BCUT2D eigenvalue weighted by Gasteiger charge is -2.21. The molecule has 0 spiro atoms. The summed E-state index contributed by atoms with van der Waals surface area (Å²) in [5.41, 5.74) is 8.97. The minimum Gasteiger partial charge on any atom is -0.482 e. The van der Waals surface area contributed by atoms with Crippen LogP contribution in [0.4, 0.5) is 14.6 Å². The number of nitrogens with zero attached hydrogens (tertiary/aromatic N) is 2. The van der Waals surface area contributed by atoms with Gasteiger partial charge in [0.1, 0.15) is 11.9 Å². The van der Waals surface area contributed by atoms with Gasteiger partial charge in [-0.05, 0) is 36.8 Å². The number of nitrogens with one attached hydrogen (secondary N) is 1. The van der Waals surface area contributed by atoms with Gasteiger partial charge in [0.05, 0.1) is 10.7 Å². The van der Waals surface area contributed by atoms with E-state index in [4.69, 9.17) is 33.7 Å². The Kier molecular flexibility index (Phi) is 5.77. The van der Waals surface area contributed by atoms with Crippen molar-refractivity contribution >= 4 is 29.0 Å². The molecule has 5 nitrogen and oxygen atoms in total. The number of ether oxygens (including phenoxy) is 1. The molecule has 0 saturated heterocycles. The van der Waals surface area contributed by atoms with E-state index in [9.17, 15) is 8.78 Å². The monoisotopic (exact) mass is 450 g/mol. The average Bonchev–Trinajstić information content (AvgIpc) is 2.72. The Morgan fingerprint density at radius 1 is 1.20 bits per heavy atom. The molecular weight excluding hydrogens is 433 g/mol. The van der Waals surface area contributed by atoms with Gasteiger partial charge in [-0.25, -0.2) is 13.8 Å². The maximum Gasteiger partial charge on any atom is 0.166 e. The Hall–Kier alpha value is -2.48. The summed E-state index contributed by atoms with van der Waals surface area (Å²) in [6.45, 7) is 2.48. The van der Waals surface area contributed by atoms with Gasteiger partial charge in [0.25, 0.3) is 0 Å². The van der Waals surface area contributed by atoms with Gasteiger partial charge in [-0.1, -0.05) is 23.2 Å². The summed E-state index contributed by atoms with van der Waals surface area (Å²) in [7, 11) is 0. The summed E-state index contributed by atoms with van der Waals surface area (Å²) in [5.74, 6) is -0.146. The maximum absolute atomic E-state index is 14.0. The summed E-state index contributed by atoms with van der Waals surface area (Å²) in [5, 5.41) is 3.19. The van der Waals surface area contributed by atoms with E-state index in [-0.39, 0.29) is 28.2 Å². The van der Waals surface area contributed by atoms with Crippen LogP contribution in [0.25, 0.3) is 11.1 Å². The first-order valence-corrected chi connectivity index (χ1v) is 10.00. The fourth-order valence-electron chi connectivity index (χ4n) is 3.40. The van der Waals surface area contributed by atoms with Gasteiger partial charge in [0.15, 0.2) is 17.7 Å². The van der Waals surface area contributed by atoms with E-state index in [2.05, 4.69) is 15.3 Å². The second-order valence-corrected chi connectivity index (χ2v) is 7.78. The maximum atomic E-state index is 14.0. The molecule has 2 aromatic heterocycles. The highest BCUT2D eigenvalue weighted by molar-refractivity contribution is 6.36. The van der Waals surface area contributed by atoms with Crippen LogP contribution in [0.1, 0.15) is 36.0 Å². The molecule has 30 heavy (non-hydrogen) atoms. The zero-order chi connectivity index (χ0) is 21.4. The molecule has 2 atom stereocenters. The van der Waals surface area contributed by atoms with E-state index in [1.54, 1.807) is 25.4 Å². The number of benzene rings is 1. The van der Waals surface area contributed by atoms with Gasteiger partial charge in [-0.2, -0.15) is 0 Å². The molecule has 0 radical (unpaired) electrons. The van der Waals surface area contributed by atoms with Gasteiger partial charge in [-0.15, -0.1) is 0 Å². The molecule has 9 heteroatoms. The molecule has 1 aliphatic rings. The molecule has 0 aliphatic carbocycles. The van der Waals surface area contributed by atoms with Crippen molar-refractivity contribution in [2.75, 3.05) is 12.3 Å². The van der Waals surface area contributed by atoms with E-state index in [0.29, 0.717) is 23.4 Å². The quantitative estimate of drug-likeness (QED) is 0.518. The van der Waals surface area contributed by atoms with Crippen LogP contribution >= 0.6 is 23.2 Å². The van der Waals surface area contributed by atoms with Gasteiger partial charge in [0, 0.05) is 47.2 Å². The third-order valence-corrected chi connectivity index (χ3v) is 5.66. The van der Waals surface area contributed by atoms with Crippen LogP contribution in [0.2, 0.25) is 10.0 Å². The molecule has 3 aromatic rings. The van der Waals surface area contributed by atoms with Crippen LogP contribution in [0, 0.1) is 5.82 Å². The standard InChI is InChI=1S/C21H18Cl2F2N4O/c1-10(18-14(22)2-3-15(24)19(18)23)30-17-5-12(8-29-21(17)26)11-4-13-6-27-9-16(25)20(13)28-7-11/h2-5,7-8,10,16,27H,6,9H2,1H3,(H2,26,29). The van der Waals surface area contributed by atoms with Crippen LogP contribution in [0.3, 0.4) is 0 Å². The number of rotatable bonds is 4. The second-order valence-electron chi connectivity index (χ2n) is 6.99. The van der Waals surface area contributed by atoms with Crippen molar-refractivity contribution in [1.82, 2.24) is 15.3 Å². The number of alkyl halides is 1. The molecule has 0 bridgehead atoms. The fourth-order valence-corrected chi connectivity index (χ4v) is 4.08. The largest absolute Gasteiger partial charge is 0.482 e. The Labute approximate surface area is 182 Å². The average molecular weight is 451 g/mol. The van der Waals surface area contributed by atoms with E-state index >= 15 is 0 Å². The van der Waals surface area contributed by atoms with Gasteiger partial charge >= 0.3 is 0 Å². The predicted molar refractivity (Wildman–Crippen MR) is 113 cm³/mol. The molecule has 4 rings (SSSR count). The first-order chi connectivity index (χ1) is 14.3. The zero-order valence-electron chi connectivity index (χ0n) is 15.9. The highest BCUT2D eigenvalue weighted by Crippen LogP contribution is 2.37. The van der Waals surface area contributed by atoms with Crippen molar-refractivity contribution in [2.24, 2.45) is 0 Å². The van der Waals surface area contributed by atoms with Crippen LogP contribution in [0.5, 0.6) is 5.75 Å². The number of nitrogens with two attached hydrogens (primary N) is 1. The first kappa shape index (κ1) is 20.8. The van der Waals surface area contributed by atoms with Crippen LogP contribution in [-0.4, -0.2) is 16.5 Å². The third kappa shape index (κ3) is 3.93. The first-order valence-electron chi connectivity index (χ1n) is 9.24. The summed E-state index contributed by atoms with van der Waals surface area (Å²) in [6, 6.07) is 6.17. The minimum atomic E-state index is -1.13. The smallest absolute Gasteiger partial charge is 0.166 e. The molecule has 2 unspecified atom stereocenters. The molecule has 0 fully saturated rings. The summed E-state index contributed by atoms with van der Waals surface area (Å²) in [6.07, 6.45) is 1.37. The number of aromatic nitrogens is 2. The summed E-state index contributed by atoms with van der Waals surface area (Å²) >= 11 is 12.3. The topological polar surface area (TPSA) is 73.1 Å². The van der Waals surface area contributed by atoms with Crippen LogP contribution in [-0.2, 0) is 6.54 Å². The molecule has 1 aromatic carbocycles. The highest BCUT2D eigenvalue weighted by Gasteiger charge is 2.22. The Bertz CT molecular complexity index is 1110. The molecule has 3 N–H and O–H groups in total. The molecule has 156 valence electrons. The lowest BCUT2D eigenvalue weighted by molar-refractivity contribution is 0.227. The third-order valence-electron chi connectivity index (χ3n) is 4.94. The summed E-state index contributed by atoms with van der Waals surface area (Å²) < 4.78 is 33.8. The van der Waals surface area contributed by atoms with E-state index in [1.165, 1.54) is 12.1 Å². The number of nitrogen functional groups attached to an aromatic ring is 1. The molecule has 3 heterocycles. The Morgan fingerprint density at radius 2 is 1.93 bits per heavy atom. The SMILES string of the molecule is CC(Oc1cc(-c2cnc3c(c2)CNCC3F)cnc1N)c1c(Cl)ccc(F)c1Cl. The molecular formula is C21H18Cl2F2N4O. The lowest BCUT2D eigenvalue weighted by Crippen LogP contribution is -2.26. The number of hydrogen-bond acceptors (Lipinski definition) is 5. The van der Waals surface area contributed by atoms with Gasteiger partial charge in [0.2, 0.25) is 0 Å². The van der Waals surface area contributed by atoms with Crippen LogP contribution < -0.4 is 15.8 Å². The number of pyridine rings is 2. The number of anilines is 1. The number of hydrogen-bond donors (Lipinski definition) is 2. The van der Waals surface area contributed by atoms with Crippen molar-refractivity contribution in [2.45, 2.75) is 25.7 Å². The van der Waals surface area contributed by atoms with Crippen molar-refractivity contribution in [3.05, 3.63) is 69.3 Å². The van der Waals surface area contributed by atoms with Crippen molar-refractivity contribution in [1.29, 1.82) is 0 Å². The number of fused-ring (bicyclic) bond motifs is 1. The van der Waals surface area contributed by atoms with E-state index in [1.807, 2.05) is 6.07 Å². The molecule has 0 saturated carbocycles. The Balaban J connectivity index is 1.66. The van der Waals surface area contributed by atoms with E-state index < -0.39 is 18.1 Å². The summed E-state index contributed by atoms with van der Waals surface area (Å²) in [4.78, 5) is 8.47. The normalized spacial score (nSPS) is 16.8. The fraction of sp³-hybridized carbons (Fsp3) is 0.238. The zero-order valence-corrected chi connectivity index (χ0v) is 17.4. The molecule has 1 aliphatic heterocycles. The van der Waals surface area contributed by atoms with E-state index in [0.717, 1.165) is 11.1 Å². The number of halogens is 4. The highest BCUT2D eigenvalue weighted by atomic mass is 35.5. The van der Waals surface area contributed by atoms with Gasteiger partial charge < -0.3 is 15.8 Å². The minimum absolute atomic E-state index is 0.107. The molecule has 0 amide bonds. The van der Waals surface area contributed by atoms with Gasteiger partial charge in [-0.3, -0.25) is 4.98 Å². The predicted octanol–water partition coefficient (Wildman–Crippen LogP) is 5.43. The Morgan fingerprint density at radius 3 is 2.73 bits per heavy atom. The van der Waals surface area contributed by atoms with Crippen molar-refractivity contribution < 1.29 is 13.5 Å². The lowest BCUT2D eigenvalue weighted by atomic mass is 10.0. The van der Waals surface area contributed by atoms with Crippen molar-refractivity contribution in [3.63, 3.8) is 0 Å². The second kappa shape index (κ2) is 8.34. The van der Waals surface area contributed by atoms with Crippen LogP contribution in [0.15, 0.2) is 36.7 Å².